The molecule has 0 radical (unpaired) electrons. The Labute approximate surface area is 113 Å². The highest BCUT2D eigenvalue weighted by atomic mass is 19.4. The van der Waals surface area contributed by atoms with Crippen LogP contribution >= 0.6 is 0 Å². The average molecular weight is 289 g/mol. The molecule has 0 fully saturated rings. The maximum atomic E-state index is 12.0. The van der Waals surface area contributed by atoms with Gasteiger partial charge in [-0.3, -0.25) is 0 Å². The average Bonchev–Trinajstić information content (AvgIpc) is 2.74. The summed E-state index contributed by atoms with van der Waals surface area (Å²) in [6.07, 6.45) is -2.95. The van der Waals surface area contributed by atoms with E-state index in [1.165, 1.54) is 10.8 Å². The van der Waals surface area contributed by atoms with Gasteiger partial charge in [0.2, 0.25) is 0 Å². The molecule has 20 heavy (non-hydrogen) atoms. The van der Waals surface area contributed by atoms with E-state index < -0.39 is 12.8 Å². The van der Waals surface area contributed by atoms with E-state index in [2.05, 4.69) is 25.1 Å². The molecule has 0 saturated heterocycles. The van der Waals surface area contributed by atoms with Gasteiger partial charge in [0, 0.05) is 17.8 Å². The van der Waals surface area contributed by atoms with Crippen molar-refractivity contribution in [2.75, 3.05) is 18.5 Å². The maximum absolute atomic E-state index is 12.0. The van der Waals surface area contributed by atoms with Crippen LogP contribution in [0.2, 0.25) is 0 Å². The molecule has 0 amide bonds. The van der Waals surface area contributed by atoms with Crippen molar-refractivity contribution in [2.24, 2.45) is 0 Å². The third-order valence-corrected chi connectivity index (χ3v) is 2.41. The number of fused-ring (bicyclic) bond motifs is 1. The topological polar surface area (TPSA) is 64.3 Å². The molecule has 0 aliphatic carbocycles. The number of nitrogens with zero attached hydrogens (tertiary/aromatic N) is 4. The molecule has 1 N–H and O–H groups in total. The highest BCUT2D eigenvalue weighted by Crippen LogP contribution is 2.15. The van der Waals surface area contributed by atoms with Crippen LogP contribution in [0.4, 0.5) is 19.0 Å². The lowest BCUT2D eigenvalue weighted by Crippen LogP contribution is -2.27. The van der Waals surface area contributed by atoms with Crippen LogP contribution in [0.25, 0.3) is 5.78 Å². The first-order valence-electron chi connectivity index (χ1n) is 5.93. The second kappa shape index (κ2) is 5.61. The predicted octanol–water partition coefficient (Wildman–Crippen LogP) is 1.81. The molecule has 2 aromatic rings. The number of hydrogen-bond donors (Lipinski definition) is 1. The number of anilines is 1. The monoisotopic (exact) mass is 289 g/mol. The van der Waals surface area contributed by atoms with Crippen LogP contribution in [0.15, 0.2) is 12.4 Å². The van der Waals surface area contributed by atoms with E-state index in [1.54, 1.807) is 19.9 Å². The van der Waals surface area contributed by atoms with Gasteiger partial charge in [-0.25, -0.2) is 4.98 Å². The number of ether oxygens (including phenoxy) is 1. The molecule has 110 valence electrons. The lowest BCUT2D eigenvalue weighted by molar-refractivity contribution is -0.174. The lowest BCUT2D eigenvalue weighted by atomic mass is 10.3. The van der Waals surface area contributed by atoms with Crippen LogP contribution in [-0.4, -0.2) is 45.0 Å². The summed E-state index contributed by atoms with van der Waals surface area (Å²) in [5.41, 5.74) is 0.733. The van der Waals surface area contributed by atoms with Gasteiger partial charge in [-0.1, -0.05) is 0 Å². The van der Waals surface area contributed by atoms with Crippen molar-refractivity contribution < 1.29 is 17.9 Å². The minimum absolute atomic E-state index is 0.0724. The van der Waals surface area contributed by atoms with Crippen LogP contribution in [-0.2, 0) is 4.74 Å². The molecule has 2 heterocycles. The molecule has 0 spiro atoms. The van der Waals surface area contributed by atoms with Crippen LogP contribution in [0.3, 0.4) is 0 Å². The van der Waals surface area contributed by atoms with Crippen molar-refractivity contribution in [1.82, 2.24) is 19.6 Å². The van der Waals surface area contributed by atoms with Crippen molar-refractivity contribution in [2.45, 2.75) is 26.1 Å². The SMILES string of the molecule is Cc1cc(NC(C)COCC(F)(F)F)n2ncnc2n1. The zero-order valence-corrected chi connectivity index (χ0v) is 11.0. The van der Waals surface area contributed by atoms with Crippen LogP contribution in [0.5, 0.6) is 0 Å². The van der Waals surface area contributed by atoms with Gasteiger partial charge in [-0.15, -0.1) is 0 Å². The highest BCUT2D eigenvalue weighted by molar-refractivity contribution is 5.45. The summed E-state index contributed by atoms with van der Waals surface area (Å²) >= 11 is 0. The number of aryl methyl sites for hydroxylation is 1. The van der Waals surface area contributed by atoms with Crippen LogP contribution in [0.1, 0.15) is 12.6 Å². The van der Waals surface area contributed by atoms with Crippen molar-refractivity contribution in [3.63, 3.8) is 0 Å². The van der Waals surface area contributed by atoms with E-state index in [0.29, 0.717) is 11.6 Å². The van der Waals surface area contributed by atoms with Gasteiger partial charge in [-0.2, -0.15) is 27.8 Å². The Morgan fingerprint density at radius 1 is 1.45 bits per heavy atom. The summed E-state index contributed by atoms with van der Waals surface area (Å²) in [6, 6.07) is 1.42. The van der Waals surface area contributed by atoms with Gasteiger partial charge in [-0.05, 0) is 13.8 Å². The molecule has 2 aromatic heterocycles. The lowest BCUT2D eigenvalue weighted by Gasteiger charge is -2.16. The Morgan fingerprint density at radius 2 is 2.20 bits per heavy atom. The predicted molar refractivity (Wildman–Crippen MR) is 65.5 cm³/mol. The maximum Gasteiger partial charge on any atom is 0.411 e. The van der Waals surface area contributed by atoms with Gasteiger partial charge in [0.25, 0.3) is 5.78 Å². The first-order valence-corrected chi connectivity index (χ1v) is 5.93. The fourth-order valence-electron chi connectivity index (χ4n) is 1.68. The molecule has 2 rings (SSSR count). The Balaban J connectivity index is 1.99. The molecular formula is C11H14F3N5O. The molecule has 0 aliphatic rings. The molecule has 0 saturated carbocycles. The number of hydrogen-bond acceptors (Lipinski definition) is 5. The van der Waals surface area contributed by atoms with Gasteiger partial charge in [0.1, 0.15) is 18.8 Å². The number of halogens is 3. The first kappa shape index (κ1) is 14.5. The van der Waals surface area contributed by atoms with E-state index in [9.17, 15) is 13.2 Å². The van der Waals surface area contributed by atoms with E-state index in [4.69, 9.17) is 0 Å². The summed E-state index contributed by atoms with van der Waals surface area (Å²) in [7, 11) is 0. The fourth-order valence-corrected chi connectivity index (χ4v) is 1.68. The van der Waals surface area contributed by atoms with Crippen molar-refractivity contribution in [3.05, 3.63) is 18.1 Å². The second-order valence-corrected chi connectivity index (χ2v) is 4.43. The van der Waals surface area contributed by atoms with Crippen molar-refractivity contribution >= 4 is 11.6 Å². The fraction of sp³-hybridized carbons (Fsp3) is 0.545. The Hall–Kier alpha value is -1.90. The quantitative estimate of drug-likeness (QED) is 0.909. The molecule has 0 aromatic carbocycles. The largest absolute Gasteiger partial charge is 0.411 e. The molecule has 0 bridgehead atoms. The van der Waals surface area contributed by atoms with Crippen molar-refractivity contribution in [1.29, 1.82) is 0 Å². The Bertz CT molecular complexity index is 583. The minimum atomic E-state index is -4.31. The molecule has 9 heteroatoms. The normalized spacial score (nSPS) is 13.7. The zero-order chi connectivity index (χ0) is 14.8. The summed E-state index contributed by atoms with van der Waals surface area (Å²) < 4.78 is 42.0. The third-order valence-electron chi connectivity index (χ3n) is 2.41. The molecule has 1 atom stereocenters. The molecule has 0 aliphatic heterocycles. The van der Waals surface area contributed by atoms with Gasteiger partial charge < -0.3 is 10.1 Å². The summed E-state index contributed by atoms with van der Waals surface area (Å²) in [5, 5.41) is 7.02. The first-order chi connectivity index (χ1) is 9.35. The van der Waals surface area contributed by atoms with Crippen LogP contribution in [0, 0.1) is 6.92 Å². The molecule has 1 unspecified atom stereocenters. The van der Waals surface area contributed by atoms with Gasteiger partial charge >= 0.3 is 6.18 Å². The Morgan fingerprint density at radius 3 is 2.90 bits per heavy atom. The third kappa shape index (κ3) is 3.80. The summed E-state index contributed by atoms with van der Waals surface area (Å²) in [4.78, 5) is 8.13. The van der Waals surface area contributed by atoms with Gasteiger partial charge in [0.05, 0.1) is 6.61 Å². The zero-order valence-electron chi connectivity index (χ0n) is 11.0. The highest BCUT2D eigenvalue weighted by Gasteiger charge is 2.27. The van der Waals surface area contributed by atoms with Crippen molar-refractivity contribution in [3.8, 4) is 0 Å². The number of nitrogens with one attached hydrogen (secondary N) is 1. The Kier molecular flexibility index (Phi) is 4.07. The van der Waals surface area contributed by atoms with E-state index in [-0.39, 0.29) is 12.6 Å². The van der Waals surface area contributed by atoms with Gasteiger partial charge in [0.15, 0.2) is 0 Å². The van der Waals surface area contributed by atoms with E-state index >= 15 is 0 Å². The summed E-state index contributed by atoms with van der Waals surface area (Å²) in [5.74, 6) is 1.03. The number of alkyl halides is 3. The number of aromatic nitrogens is 4. The second-order valence-electron chi connectivity index (χ2n) is 4.43. The standard InChI is InChI=1S/C11H14F3N5O/c1-7-3-9(19-10(18-7)15-6-16-19)17-8(2)4-20-5-11(12,13)14/h3,6,8,17H,4-5H2,1-2H3. The smallest absolute Gasteiger partial charge is 0.370 e. The van der Waals surface area contributed by atoms with E-state index in [1.807, 2.05) is 0 Å². The molecular weight excluding hydrogens is 275 g/mol. The minimum Gasteiger partial charge on any atom is -0.370 e. The van der Waals surface area contributed by atoms with Crippen LogP contribution < -0.4 is 5.32 Å². The summed E-state index contributed by atoms with van der Waals surface area (Å²) in [6.45, 7) is 2.18. The molecule has 6 nitrogen and oxygen atoms in total. The van der Waals surface area contributed by atoms with E-state index in [0.717, 1.165) is 5.69 Å². The number of rotatable bonds is 5.